The molecule has 1 aromatic carbocycles. The van der Waals surface area contributed by atoms with E-state index in [4.69, 9.17) is 10.6 Å². The van der Waals surface area contributed by atoms with Gasteiger partial charge in [-0.2, -0.15) is 5.06 Å². The molecule has 0 aromatic heterocycles. The van der Waals surface area contributed by atoms with Gasteiger partial charge in [-0.05, 0) is 5.56 Å². The molecule has 0 aliphatic carbocycles. The largest absolute Gasteiger partial charge is 0.350 e. The van der Waals surface area contributed by atoms with Crippen molar-refractivity contribution in [2.24, 2.45) is 5.73 Å². The summed E-state index contributed by atoms with van der Waals surface area (Å²) in [6, 6.07) is 9.30. The molecule has 15 heavy (non-hydrogen) atoms. The van der Waals surface area contributed by atoms with Crippen LogP contribution in [0.3, 0.4) is 0 Å². The first kappa shape index (κ1) is 9.95. The lowest BCUT2D eigenvalue weighted by atomic mass is 10.1. The third-order valence-electron chi connectivity index (χ3n) is 2.29. The van der Waals surface area contributed by atoms with Crippen LogP contribution in [0.25, 0.3) is 0 Å². The van der Waals surface area contributed by atoms with Gasteiger partial charge in [0.1, 0.15) is 12.9 Å². The minimum Gasteiger partial charge on any atom is -0.350 e. The number of amides is 2. The Bertz CT molecular complexity index is 342. The van der Waals surface area contributed by atoms with Crippen molar-refractivity contribution < 1.29 is 9.63 Å². The molecule has 5 nitrogen and oxygen atoms in total. The summed E-state index contributed by atoms with van der Waals surface area (Å²) in [5.74, 6) is 0. The Hall–Kier alpha value is -1.59. The smallest absolute Gasteiger partial charge is 0.340 e. The number of urea groups is 1. The number of nitrogens with zero attached hydrogens (tertiary/aromatic N) is 1. The first-order valence-electron chi connectivity index (χ1n) is 4.76. The molecule has 0 saturated carbocycles. The zero-order valence-corrected chi connectivity index (χ0v) is 8.22. The lowest BCUT2D eigenvalue weighted by molar-refractivity contribution is -0.0835. The zero-order chi connectivity index (χ0) is 10.7. The van der Waals surface area contributed by atoms with Crippen LogP contribution in [0, 0.1) is 0 Å². The number of carbonyl (C=O) groups is 1. The van der Waals surface area contributed by atoms with E-state index in [0.29, 0.717) is 13.2 Å². The van der Waals surface area contributed by atoms with Gasteiger partial charge in [0.25, 0.3) is 0 Å². The molecule has 1 atom stereocenters. The van der Waals surface area contributed by atoms with E-state index in [9.17, 15) is 4.79 Å². The summed E-state index contributed by atoms with van der Waals surface area (Å²) in [5.41, 5.74) is 6.30. The Kier molecular flexibility index (Phi) is 2.84. The molecule has 1 heterocycles. The predicted molar refractivity (Wildman–Crippen MR) is 54.4 cm³/mol. The van der Waals surface area contributed by atoms with Crippen LogP contribution in [0.1, 0.15) is 5.56 Å². The Labute approximate surface area is 87.8 Å². The Morgan fingerprint density at radius 2 is 2.27 bits per heavy atom. The van der Waals surface area contributed by atoms with E-state index in [1.165, 1.54) is 5.06 Å². The summed E-state index contributed by atoms with van der Waals surface area (Å²) in [6.45, 7) is 0.320. The minimum atomic E-state index is -0.569. The van der Waals surface area contributed by atoms with E-state index in [2.05, 4.69) is 5.32 Å². The highest BCUT2D eigenvalue weighted by atomic mass is 16.7. The SMILES string of the molecule is NC(=O)N1OCNC1Cc1ccccc1. The summed E-state index contributed by atoms with van der Waals surface area (Å²) in [5, 5.41) is 4.21. The fourth-order valence-corrected chi connectivity index (χ4v) is 1.59. The number of hydrogen-bond acceptors (Lipinski definition) is 3. The highest BCUT2D eigenvalue weighted by Crippen LogP contribution is 2.11. The number of primary amides is 1. The number of benzene rings is 1. The van der Waals surface area contributed by atoms with Gasteiger partial charge in [-0.3, -0.25) is 10.2 Å². The molecule has 1 aliphatic heterocycles. The maximum atomic E-state index is 11.0. The van der Waals surface area contributed by atoms with Gasteiger partial charge in [0, 0.05) is 6.42 Å². The molecule has 1 saturated heterocycles. The Morgan fingerprint density at radius 1 is 1.53 bits per heavy atom. The van der Waals surface area contributed by atoms with Crippen LogP contribution in [0.15, 0.2) is 30.3 Å². The van der Waals surface area contributed by atoms with Crippen molar-refractivity contribution in [1.82, 2.24) is 10.4 Å². The number of carbonyl (C=O) groups excluding carboxylic acids is 1. The van der Waals surface area contributed by atoms with Gasteiger partial charge < -0.3 is 5.73 Å². The topological polar surface area (TPSA) is 67.6 Å². The number of rotatable bonds is 2. The highest BCUT2D eigenvalue weighted by Gasteiger charge is 2.28. The van der Waals surface area contributed by atoms with Gasteiger partial charge in [0.05, 0.1) is 0 Å². The second kappa shape index (κ2) is 4.29. The van der Waals surface area contributed by atoms with E-state index in [1.54, 1.807) is 0 Å². The maximum Gasteiger partial charge on any atom is 0.340 e. The minimum absolute atomic E-state index is 0.176. The molecule has 0 spiro atoms. The summed E-state index contributed by atoms with van der Waals surface area (Å²) < 4.78 is 0. The van der Waals surface area contributed by atoms with Gasteiger partial charge >= 0.3 is 6.03 Å². The number of hydrogen-bond donors (Lipinski definition) is 2. The first-order valence-corrected chi connectivity index (χ1v) is 4.76. The van der Waals surface area contributed by atoms with E-state index in [-0.39, 0.29) is 6.17 Å². The first-order chi connectivity index (χ1) is 7.27. The maximum absolute atomic E-state index is 11.0. The van der Waals surface area contributed by atoms with Gasteiger partial charge in [0.15, 0.2) is 0 Å². The fourth-order valence-electron chi connectivity index (χ4n) is 1.59. The van der Waals surface area contributed by atoms with Gasteiger partial charge in [-0.25, -0.2) is 4.79 Å². The molecule has 2 amide bonds. The van der Waals surface area contributed by atoms with Crippen LogP contribution in [-0.2, 0) is 11.3 Å². The molecular formula is C10H13N3O2. The summed E-state index contributed by atoms with van der Waals surface area (Å²) in [7, 11) is 0. The van der Waals surface area contributed by atoms with Crippen molar-refractivity contribution in [2.75, 3.05) is 6.73 Å². The van der Waals surface area contributed by atoms with Crippen LogP contribution < -0.4 is 11.1 Å². The lowest BCUT2D eigenvalue weighted by Crippen LogP contribution is -2.43. The average molecular weight is 207 g/mol. The molecule has 1 unspecified atom stereocenters. The van der Waals surface area contributed by atoms with Gasteiger partial charge in [-0.15, -0.1) is 0 Å². The van der Waals surface area contributed by atoms with E-state index < -0.39 is 6.03 Å². The third-order valence-corrected chi connectivity index (χ3v) is 2.29. The van der Waals surface area contributed by atoms with Gasteiger partial charge in [0.2, 0.25) is 0 Å². The average Bonchev–Trinajstić information content (AvgIpc) is 2.67. The second-order valence-electron chi connectivity index (χ2n) is 3.35. The van der Waals surface area contributed by atoms with Crippen molar-refractivity contribution in [3.8, 4) is 0 Å². The molecule has 80 valence electrons. The van der Waals surface area contributed by atoms with E-state index in [1.807, 2.05) is 30.3 Å². The molecular weight excluding hydrogens is 194 g/mol. The van der Waals surface area contributed by atoms with Gasteiger partial charge in [-0.1, -0.05) is 30.3 Å². The summed E-state index contributed by atoms with van der Waals surface area (Å²) >= 11 is 0. The van der Waals surface area contributed by atoms with Crippen molar-refractivity contribution in [3.05, 3.63) is 35.9 Å². The van der Waals surface area contributed by atoms with Crippen LogP contribution >= 0.6 is 0 Å². The molecule has 5 heteroatoms. The molecule has 1 fully saturated rings. The summed E-state index contributed by atoms with van der Waals surface area (Å²) in [6.07, 6.45) is 0.508. The predicted octanol–water partition coefficient (Wildman–Crippen LogP) is 0.428. The van der Waals surface area contributed by atoms with Crippen molar-refractivity contribution in [1.29, 1.82) is 0 Å². The van der Waals surface area contributed by atoms with E-state index >= 15 is 0 Å². The summed E-state index contributed by atoms with van der Waals surface area (Å²) in [4.78, 5) is 16.0. The quantitative estimate of drug-likeness (QED) is 0.739. The van der Waals surface area contributed by atoms with Crippen molar-refractivity contribution in [2.45, 2.75) is 12.6 Å². The molecule has 0 bridgehead atoms. The van der Waals surface area contributed by atoms with Crippen LogP contribution in [0.4, 0.5) is 4.79 Å². The highest BCUT2D eigenvalue weighted by molar-refractivity contribution is 5.71. The van der Waals surface area contributed by atoms with Crippen LogP contribution in [0.5, 0.6) is 0 Å². The monoisotopic (exact) mass is 207 g/mol. The number of nitrogens with one attached hydrogen (secondary N) is 1. The van der Waals surface area contributed by atoms with Crippen LogP contribution in [-0.4, -0.2) is 24.0 Å². The Morgan fingerprint density at radius 3 is 2.93 bits per heavy atom. The van der Waals surface area contributed by atoms with Crippen molar-refractivity contribution in [3.63, 3.8) is 0 Å². The van der Waals surface area contributed by atoms with Crippen molar-refractivity contribution >= 4 is 6.03 Å². The molecule has 3 N–H and O–H groups in total. The number of nitrogens with two attached hydrogens (primary N) is 1. The third kappa shape index (κ3) is 2.26. The lowest BCUT2D eigenvalue weighted by Gasteiger charge is -2.19. The van der Waals surface area contributed by atoms with Crippen LogP contribution in [0.2, 0.25) is 0 Å². The fraction of sp³-hybridized carbons (Fsp3) is 0.300. The zero-order valence-electron chi connectivity index (χ0n) is 8.22. The second-order valence-corrected chi connectivity index (χ2v) is 3.35. The molecule has 1 aromatic rings. The normalized spacial score (nSPS) is 20.5. The Balaban J connectivity index is 2.03. The molecule has 0 radical (unpaired) electrons. The molecule has 2 rings (SSSR count). The molecule has 1 aliphatic rings. The number of hydroxylamine groups is 2. The standard InChI is InChI=1S/C10H13N3O2/c11-10(14)13-9(12-7-15-13)6-8-4-2-1-3-5-8/h1-5,9,12H,6-7H2,(H2,11,14). The van der Waals surface area contributed by atoms with E-state index in [0.717, 1.165) is 5.56 Å².